The number of anilines is 1. The first-order valence-corrected chi connectivity index (χ1v) is 6.41. The van der Waals surface area contributed by atoms with Gasteiger partial charge in [-0.05, 0) is 45.7 Å². The molecule has 0 aliphatic rings. The molecule has 1 amide bonds. The van der Waals surface area contributed by atoms with Gasteiger partial charge in [0.15, 0.2) is 0 Å². The second kappa shape index (κ2) is 5.89. The number of aryl methyl sites for hydroxylation is 2. The van der Waals surface area contributed by atoms with Crippen molar-refractivity contribution in [2.75, 3.05) is 11.9 Å². The third-order valence-electron chi connectivity index (χ3n) is 2.65. The van der Waals surface area contributed by atoms with E-state index in [0.29, 0.717) is 13.0 Å². The molecule has 0 aliphatic heterocycles. The van der Waals surface area contributed by atoms with Crippen LogP contribution in [-0.2, 0) is 4.79 Å². The van der Waals surface area contributed by atoms with Crippen LogP contribution in [0, 0.1) is 13.8 Å². The molecule has 0 aliphatic carbocycles. The Kier molecular flexibility index (Phi) is 4.76. The summed E-state index contributed by atoms with van der Waals surface area (Å²) >= 11 is 0. The molecule has 0 heterocycles. The first kappa shape index (κ1) is 14.6. The topological polar surface area (TPSA) is 41.1 Å². The van der Waals surface area contributed by atoms with Gasteiger partial charge in [-0.2, -0.15) is 0 Å². The highest BCUT2D eigenvalue weighted by Crippen LogP contribution is 2.19. The Morgan fingerprint density at radius 1 is 1.17 bits per heavy atom. The van der Waals surface area contributed by atoms with Crippen LogP contribution in [0.5, 0.6) is 0 Å². The zero-order chi connectivity index (χ0) is 13.8. The molecule has 0 aromatic heterocycles. The molecular formula is C15H24N2O. The minimum Gasteiger partial charge on any atom is -0.384 e. The largest absolute Gasteiger partial charge is 0.384 e. The van der Waals surface area contributed by atoms with Crippen molar-refractivity contribution < 1.29 is 4.79 Å². The van der Waals surface area contributed by atoms with E-state index in [1.54, 1.807) is 0 Å². The SMILES string of the molecule is Cc1cccc(C)c1NCCC(=O)NC(C)(C)C. The van der Waals surface area contributed by atoms with E-state index in [1.165, 1.54) is 11.1 Å². The second-order valence-electron chi connectivity index (χ2n) is 5.74. The molecule has 1 aromatic rings. The Morgan fingerprint density at radius 2 is 1.72 bits per heavy atom. The summed E-state index contributed by atoms with van der Waals surface area (Å²) in [5.41, 5.74) is 3.41. The van der Waals surface area contributed by atoms with Crippen LogP contribution in [-0.4, -0.2) is 18.0 Å². The fourth-order valence-corrected chi connectivity index (χ4v) is 1.88. The lowest BCUT2D eigenvalue weighted by atomic mass is 10.1. The predicted octanol–water partition coefficient (Wildman–Crippen LogP) is 3.02. The summed E-state index contributed by atoms with van der Waals surface area (Å²) in [6, 6.07) is 6.19. The van der Waals surface area contributed by atoms with Gasteiger partial charge in [0.1, 0.15) is 0 Å². The van der Waals surface area contributed by atoms with Crippen LogP contribution in [0.15, 0.2) is 18.2 Å². The molecule has 0 unspecified atom stereocenters. The van der Waals surface area contributed by atoms with Crippen molar-refractivity contribution in [1.82, 2.24) is 5.32 Å². The van der Waals surface area contributed by atoms with Gasteiger partial charge in [0, 0.05) is 24.2 Å². The average Bonchev–Trinajstić information content (AvgIpc) is 2.19. The van der Waals surface area contributed by atoms with Crippen molar-refractivity contribution in [3.8, 4) is 0 Å². The Balaban J connectivity index is 2.45. The van der Waals surface area contributed by atoms with Crippen LogP contribution in [0.1, 0.15) is 38.3 Å². The molecular weight excluding hydrogens is 224 g/mol. The lowest BCUT2D eigenvalue weighted by Crippen LogP contribution is -2.41. The number of hydrogen-bond donors (Lipinski definition) is 2. The zero-order valence-electron chi connectivity index (χ0n) is 12.1. The lowest BCUT2D eigenvalue weighted by molar-refractivity contribution is -0.122. The molecule has 0 atom stereocenters. The third kappa shape index (κ3) is 4.78. The summed E-state index contributed by atoms with van der Waals surface area (Å²) in [4.78, 5) is 11.7. The van der Waals surface area contributed by atoms with E-state index < -0.39 is 0 Å². The number of nitrogens with one attached hydrogen (secondary N) is 2. The highest BCUT2D eigenvalue weighted by Gasteiger charge is 2.13. The molecule has 0 saturated heterocycles. The molecule has 0 spiro atoms. The summed E-state index contributed by atoms with van der Waals surface area (Å²) in [6.07, 6.45) is 0.491. The summed E-state index contributed by atoms with van der Waals surface area (Å²) in [5.74, 6) is 0.0845. The monoisotopic (exact) mass is 248 g/mol. The van der Waals surface area contributed by atoms with Gasteiger partial charge in [0.25, 0.3) is 0 Å². The summed E-state index contributed by atoms with van der Waals surface area (Å²) in [6.45, 7) is 10.8. The van der Waals surface area contributed by atoms with Gasteiger partial charge in [0.2, 0.25) is 5.91 Å². The fourth-order valence-electron chi connectivity index (χ4n) is 1.88. The smallest absolute Gasteiger partial charge is 0.222 e. The van der Waals surface area contributed by atoms with Crippen LogP contribution in [0.3, 0.4) is 0 Å². The van der Waals surface area contributed by atoms with Crippen LogP contribution in [0.25, 0.3) is 0 Å². The van der Waals surface area contributed by atoms with Crippen molar-refractivity contribution in [3.63, 3.8) is 0 Å². The Labute approximate surface area is 110 Å². The molecule has 100 valence electrons. The first-order chi connectivity index (χ1) is 8.29. The zero-order valence-corrected chi connectivity index (χ0v) is 12.1. The molecule has 0 bridgehead atoms. The molecule has 0 radical (unpaired) electrons. The molecule has 1 rings (SSSR count). The van der Waals surface area contributed by atoms with E-state index in [2.05, 4.69) is 36.6 Å². The highest BCUT2D eigenvalue weighted by molar-refractivity contribution is 5.77. The Hall–Kier alpha value is -1.51. The maximum Gasteiger partial charge on any atom is 0.222 e. The molecule has 0 saturated carbocycles. The normalized spacial score (nSPS) is 11.2. The molecule has 0 fully saturated rings. The van der Waals surface area contributed by atoms with E-state index in [0.717, 1.165) is 5.69 Å². The van der Waals surface area contributed by atoms with Gasteiger partial charge in [0.05, 0.1) is 0 Å². The van der Waals surface area contributed by atoms with Crippen LogP contribution >= 0.6 is 0 Å². The summed E-state index contributed by atoms with van der Waals surface area (Å²) in [7, 11) is 0. The fraction of sp³-hybridized carbons (Fsp3) is 0.533. The molecule has 3 heteroatoms. The average molecular weight is 248 g/mol. The van der Waals surface area contributed by atoms with Gasteiger partial charge in [-0.25, -0.2) is 0 Å². The van der Waals surface area contributed by atoms with Crippen molar-refractivity contribution in [2.45, 2.75) is 46.6 Å². The van der Waals surface area contributed by atoms with Gasteiger partial charge < -0.3 is 10.6 Å². The molecule has 1 aromatic carbocycles. The lowest BCUT2D eigenvalue weighted by Gasteiger charge is -2.20. The highest BCUT2D eigenvalue weighted by atomic mass is 16.1. The first-order valence-electron chi connectivity index (χ1n) is 6.41. The number of rotatable bonds is 4. The number of para-hydroxylation sites is 1. The van der Waals surface area contributed by atoms with Gasteiger partial charge in [-0.3, -0.25) is 4.79 Å². The predicted molar refractivity (Wildman–Crippen MR) is 76.9 cm³/mol. The number of amides is 1. The van der Waals surface area contributed by atoms with E-state index >= 15 is 0 Å². The number of hydrogen-bond acceptors (Lipinski definition) is 2. The van der Waals surface area contributed by atoms with Crippen molar-refractivity contribution in [2.24, 2.45) is 0 Å². The quantitative estimate of drug-likeness (QED) is 0.860. The summed E-state index contributed by atoms with van der Waals surface area (Å²) < 4.78 is 0. The molecule has 18 heavy (non-hydrogen) atoms. The van der Waals surface area contributed by atoms with Crippen LogP contribution in [0.2, 0.25) is 0 Å². The molecule has 3 nitrogen and oxygen atoms in total. The standard InChI is InChI=1S/C15H24N2O/c1-11-7-6-8-12(2)14(11)16-10-9-13(18)17-15(3,4)5/h6-8,16H,9-10H2,1-5H3,(H,17,18). The van der Waals surface area contributed by atoms with E-state index in [9.17, 15) is 4.79 Å². The van der Waals surface area contributed by atoms with Crippen molar-refractivity contribution >= 4 is 11.6 Å². The van der Waals surface area contributed by atoms with Crippen LogP contribution in [0.4, 0.5) is 5.69 Å². The number of carbonyl (C=O) groups excluding carboxylic acids is 1. The summed E-state index contributed by atoms with van der Waals surface area (Å²) in [5, 5.41) is 6.29. The van der Waals surface area contributed by atoms with E-state index in [4.69, 9.17) is 0 Å². The van der Waals surface area contributed by atoms with E-state index in [1.807, 2.05) is 26.8 Å². The van der Waals surface area contributed by atoms with Crippen molar-refractivity contribution in [1.29, 1.82) is 0 Å². The van der Waals surface area contributed by atoms with Gasteiger partial charge in [-0.15, -0.1) is 0 Å². The minimum absolute atomic E-state index is 0.0845. The molecule has 2 N–H and O–H groups in total. The number of benzene rings is 1. The maximum atomic E-state index is 11.7. The van der Waals surface area contributed by atoms with Gasteiger partial charge >= 0.3 is 0 Å². The Bertz CT molecular complexity index is 399. The van der Waals surface area contributed by atoms with Crippen molar-refractivity contribution in [3.05, 3.63) is 29.3 Å². The second-order valence-corrected chi connectivity index (χ2v) is 5.74. The van der Waals surface area contributed by atoms with Gasteiger partial charge in [-0.1, -0.05) is 18.2 Å². The third-order valence-corrected chi connectivity index (χ3v) is 2.65. The maximum absolute atomic E-state index is 11.7. The minimum atomic E-state index is -0.157. The Morgan fingerprint density at radius 3 is 2.22 bits per heavy atom. The van der Waals surface area contributed by atoms with E-state index in [-0.39, 0.29) is 11.4 Å². The number of carbonyl (C=O) groups is 1. The van der Waals surface area contributed by atoms with Crippen LogP contribution < -0.4 is 10.6 Å².